The molecule has 0 spiro atoms. The molecule has 0 saturated heterocycles. The summed E-state index contributed by atoms with van der Waals surface area (Å²) in [5.74, 6) is -0.117. The van der Waals surface area contributed by atoms with Crippen molar-refractivity contribution in [2.75, 3.05) is 13.6 Å². The van der Waals surface area contributed by atoms with Crippen LogP contribution in [0.15, 0.2) is 29.2 Å². The van der Waals surface area contributed by atoms with Crippen molar-refractivity contribution >= 4 is 15.9 Å². The molecule has 118 valence electrons. The number of hydrogen-bond acceptors (Lipinski definition) is 4. The lowest BCUT2D eigenvalue weighted by Crippen LogP contribution is -2.33. The summed E-state index contributed by atoms with van der Waals surface area (Å²) in [6.07, 6.45) is 0.283. The highest BCUT2D eigenvalue weighted by Crippen LogP contribution is 2.17. The van der Waals surface area contributed by atoms with Gasteiger partial charge in [0.25, 0.3) is 0 Å². The molecule has 0 fully saturated rings. The quantitative estimate of drug-likeness (QED) is 0.774. The van der Waals surface area contributed by atoms with Gasteiger partial charge in [0.15, 0.2) is 0 Å². The lowest BCUT2D eigenvalue weighted by atomic mass is 10.2. The molecular formula is C14H23N3O3S. The first-order valence-corrected chi connectivity index (χ1v) is 8.26. The van der Waals surface area contributed by atoms with Gasteiger partial charge in [-0.15, -0.1) is 0 Å². The van der Waals surface area contributed by atoms with Gasteiger partial charge in [-0.05, 0) is 31.5 Å². The zero-order chi connectivity index (χ0) is 16.0. The largest absolute Gasteiger partial charge is 0.352 e. The third-order valence-corrected chi connectivity index (χ3v) is 5.24. The van der Waals surface area contributed by atoms with E-state index in [1.165, 1.54) is 4.31 Å². The zero-order valence-corrected chi connectivity index (χ0v) is 13.5. The van der Waals surface area contributed by atoms with Crippen LogP contribution in [0.3, 0.4) is 0 Å². The predicted octanol–water partition coefficient (Wildman–Crippen LogP) is 0.681. The van der Waals surface area contributed by atoms with E-state index in [1.807, 2.05) is 13.8 Å². The molecule has 3 N–H and O–H groups in total. The maximum atomic E-state index is 12.3. The van der Waals surface area contributed by atoms with E-state index in [4.69, 9.17) is 5.73 Å². The maximum absolute atomic E-state index is 12.3. The van der Waals surface area contributed by atoms with Crippen molar-refractivity contribution in [3.8, 4) is 0 Å². The van der Waals surface area contributed by atoms with Gasteiger partial charge in [0, 0.05) is 32.6 Å². The molecule has 0 bridgehead atoms. The minimum Gasteiger partial charge on any atom is -0.352 e. The summed E-state index contributed by atoms with van der Waals surface area (Å²) in [6, 6.07) is 6.40. The maximum Gasteiger partial charge on any atom is 0.243 e. The van der Waals surface area contributed by atoms with Gasteiger partial charge in [-0.3, -0.25) is 4.79 Å². The number of carbonyl (C=O) groups is 1. The van der Waals surface area contributed by atoms with Crippen LogP contribution in [-0.4, -0.2) is 38.3 Å². The Morgan fingerprint density at radius 3 is 2.33 bits per heavy atom. The summed E-state index contributed by atoms with van der Waals surface area (Å²) in [7, 11) is -1.91. The summed E-state index contributed by atoms with van der Waals surface area (Å²) in [5.41, 5.74) is 6.13. The standard InChI is InChI=1S/C14H23N3O3S/c1-11(2)17(3)21(19,20)13-6-4-12(5-7-13)10-16-14(18)8-9-15/h4-7,11H,8-10,15H2,1-3H3,(H,16,18). The Kier molecular flexibility index (Phi) is 6.32. The predicted molar refractivity (Wildman–Crippen MR) is 82.0 cm³/mol. The first-order valence-electron chi connectivity index (χ1n) is 6.82. The van der Waals surface area contributed by atoms with Crippen molar-refractivity contribution in [1.29, 1.82) is 0 Å². The molecule has 0 radical (unpaired) electrons. The van der Waals surface area contributed by atoms with Gasteiger partial charge in [0.2, 0.25) is 15.9 Å². The molecule has 0 aliphatic heterocycles. The molecule has 7 heteroatoms. The fraction of sp³-hybridized carbons (Fsp3) is 0.500. The highest BCUT2D eigenvalue weighted by atomic mass is 32.2. The Morgan fingerprint density at radius 1 is 1.29 bits per heavy atom. The van der Waals surface area contributed by atoms with Crippen LogP contribution >= 0.6 is 0 Å². The molecule has 0 heterocycles. The monoisotopic (exact) mass is 313 g/mol. The number of sulfonamides is 1. The van der Waals surface area contributed by atoms with E-state index in [2.05, 4.69) is 5.32 Å². The molecule has 1 aromatic rings. The second-order valence-corrected chi connectivity index (χ2v) is 7.07. The Morgan fingerprint density at radius 2 is 1.86 bits per heavy atom. The first-order chi connectivity index (χ1) is 9.78. The van der Waals surface area contributed by atoms with E-state index in [1.54, 1.807) is 31.3 Å². The number of nitrogens with two attached hydrogens (primary N) is 1. The number of rotatable bonds is 7. The molecule has 1 aromatic carbocycles. The Balaban J connectivity index is 2.76. The summed E-state index contributed by atoms with van der Waals surface area (Å²) in [6.45, 7) is 4.31. The van der Waals surface area contributed by atoms with Crippen LogP contribution < -0.4 is 11.1 Å². The third kappa shape index (κ3) is 4.80. The van der Waals surface area contributed by atoms with Gasteiger partial charge >= 0.3 is 0 Å². The number of benzene rings is 1. The van der Waals surface area contributed by atoms with Gasteiger partial charge in [-0.25, -0.2) is 8.42 Å². The molecule has 0 atom stereocenters. The molecule has 6 nitrogen and oxygen atoms in total. The Hall–Kier alpha value is -1.44. The SMILES string of the molecule is CC(C)N(C)S(=O)(=O)c1ccc(CNC(=O)CCN)cc1. The van der Waals surface area contributed by atoms with Gasteiger partial charge in [0.1, 0.15) is 0 Å². The average molecular weight is 313 g/mol. The van der Waals surface area contributed by atoms with E-state index in [-0.39, 0.29) is 23.3 Å². The number of carbonyl (C=O) groups excluding carboxylic acids is 1. The van der Waals surface area contributed by atoms with Gasteiger partial charge in [-0.1, -0.05) is 12.1 Å². The zero-order valence-electron chi connectivity index (χ0n) is 12.7. The Labute approximate surface area is 126 Å². The van der Waals surface area contributed by atoms with Crippen molar-refractivity contribution in [2.45, 2.75) is 37.8 Å². The topological polar surface area (TPSA) is 92.5 Å². The fourth-order valence-corrected chi connectivity index (χ4v) is 3.01. The van der Waals surface area contributed by atoms with Crippen LogP contribution in [0.25, 0.3) is 0 Å². The highest BCUT2D eigenvalue weighted by Gasteiger charge is 2.22. The molecule has 0 aliphatic rings. The summed E-state index contributed by atoms with van der Waals surface area (Å²) < 4.78 is 25.9. The first kappa shape index (κ1) is 17.6. The van der Waals surface area contributed by atoms with Crippen molar-refractivity contribution in [2.24, 2.45) is 5.73 Å². The van der Waals surface area contributed by atoms with Crippen molar-refractivity contribution in [1.82, 2.24) is 9.62 Å². The minimum atomic E-state index is -3.47. The van der Waals surface area contributed by atoms with E-state index in [0.29, 0.717) is 13.1 Å². The van der Waals surface area contributed by atoms with Crippen molar-refractivity contribution in [3.05, 3.63) is 29.8 Å². The Bertz CT molecular complexity index is 568. The number of hydrogen-bond donors (Lipinski definition) is 2. The average Bonchev–Trinajstić information content (AvgIpc) is 2.45. The lowest BCUT2D eigenvalue weighted by Gasteiger charge is -2.21. The van der Waals surface area contributed by atoms with E-state index < -0.39 is 10.0 Å². The number of amides is 1. The molecule has 21 heavy (non-hydrogen) atoms. The molecular weight excluding hydrogens is 290 g/mol. The van der Waals surface area contributed by atoms with Crippen LogP contribution in [0.2, 0.25) is 0 Å². The molecule has 0 unspecified atom stereocenters. The molecule has 0 saturated carbocycles. The smallest absolute Gasteiger partial charge is 0.243 e. The van der Waals surface area contributed by atoms with Crippen LogP contribution in [0.4, 0.5) is 0 Å². The third-order valence-electron chi connectivity index (χ3n) is 3.19. The summed E-state index contributed by atoms with van der Waals surface area (Å²) >= 11 is 0. The summed E-state index contributed by atoms with van der Waals surface area (Å²) in [4.78, 5) is 11.6. The molecule has 1 amide bonds. The minimum absolute atomic E-state index is 0.106. The van der Waals surface area contributed by atoms with Crippen molar-refractivity contribution < 1.29 is 13.2 Å². The van der Waals surface area contributed by atoms with E-state index in [9.17, 15) is 13.2 Å². The van der Waals surface area contributed by atoms with Gasteiger partial charge in [-0.2, -0.15) is 4.31 Å². The highest BCUT2D eigenvalue weighted by molar-refractivity contribution is 7.89. The second kappa shape index (κ2) is 7.53. The van der Waals surface area contributed by atoms with E-state index in [0.717, 1.165) is 5.56 Å². The number of nitrogens with zero attached hydrogens (tertiary/aromatic N) is 1. The van der Waals surface area contributed by atoms with Crippen LogP contribution in [0, 0.1) is 0 Å². The van der Waals surface area contributed by atoms with Crippen LogP contribution in [0.5, 0.6) is 0 Å². The van der Waals surface area contributed by atoms with Crippen LogP contribution in [-0.2, 0) is 21.4 Å². The van der Waals surface area contributed by atoms with Gasteiger partial charge in [0.05, 0.1) is 4.90 Å². The van der Waals surface area contributed by atoms with E-state index >= 15 is 0 Å². The normalized spacial score (nSPS) is 11.9. The lowest BCUT2D eigenvalue weighted by molar-refractivity contribution is -0.121. The van der Waals surface area contributed by atoms with Crippen molar-refractivity contribution in [3.63, 3.8) is 0 Å². The molecule has 0 aromatic heterocycles. The fourth-order valence-electron chi connectivity index (χ4n) is 1.64. The molecule has 1 rings (SSSR count). The second-order valence-electron chi connectivity index (χ2n) is 5.07. The molecule has 0 aliphatic carbocycles. The number of nitrogens with one attached hydrogen (secondary N) is 1. The summed E-state index contributed by atoms with van der Waals surface area (Å²) in [5, 5.41) is 2.72. The van der Waals surface area contributed by atoms with Crippen LogP contribution in [0.1, 0.15) is 25.8 Å². The van der Waals surface area contributed by atoms with Gasteiger partial charge < -0.3 is 11.1 Å².